The highest BCUT2D eigenvalue weighted by Crippen LogP contribution is 2.40. The van der Waals surface area contributed by atoms with Gasteiger partial charge in [-0.05, 0) is 72.2 Å². The molecule has 0 atom stereocenters. The molecule has 2 aromatic heterocycles. The summed E-state index contributed by atoms with van der Waals surface area (Å²) >= 11 is 0. The average Bonchev–Trinajstić information content (AvgIpc) is 3.12. The zero-order valence-electron chi connectivity index (χ0n) is 18.6. The molecule has 0 fully saturated rings. The van der Waals surface area contributed by atoms with Crippen LogP contribution in [0, 0.1) is 25.2 Å². The van der Waals surface area contributed by atoms with Crippen LogP contribution < -0.4 is 4.57 Å². The summed E-state index contributed by atoms with van der Waals surface area (Å²) in [7, 11) is 2.09. The van der Waals surface area contributed by atoms with Crippen LogP contribution in [0.15, 0.2) is 59.1 Å². The van der Waals surface area contributed by atoms with E-state index in [0.717, 1.165) is 33.2 Å². The van der Waals surface area contributed by atoms with Crippen LogP contribution in [0.25, 0.3) is 44.0 Å². The molecule has 3 nitrogen and oxygen atoms in total. The second-order valence-electron chi connectivity index (χ2n) is 8.77. The SMILES string of the molecule is Cc1cc2c(oc3ccc(C#N)cc32)c(-c2c3ccc(C(C)C)cc3cc[n+]2C)c1C. The van der Waals surface area contributed by atoms with Gasteiger partial charge in [0.1, 0.15) is 18.2 Å². The third-order valence-corrected chi connectivity index (χ3v) is 6.47. The Morgan fingerprint density at radius 3 is 2.48 bits per heavy atom. The van der Waals surface area contributed by atoms with Gasteiger partial charge in [0.2, 0.25) is 5.69 Å². The standard InChI is InChI=1S/C28H25N2O/c1-16(2)20-7-8-22-21(14-20)10-11-30(5)27(22)26-18(4)17(3)12-24-23-13-19(15-29)6-9-25(23)31-28(24)26/h6-14,16H,1-5H3/q+1. The maximum Gasteiger partial charge on any atom is 0.224 e. The Morgan fingerprint density at radius 2 is 1.74 bits per heavy atom. The molecule has 0 saturated heterocycles. The molecule has 0 spiro atoms. The van der Waals surface area contributed by atoms with Gasteiger partial charge in [-0.3, -0.25) is 0 Å². The summed E-state index contributed by atoms with van der Waals surface area (Å²) < 4.78 is 8.60. The Morgan fingerprint density at radius 1 is 0.935 bits per heavy atom. The first-order valence-corrected chi connectivity index (χ1v) is 10.7. The summed E-state index contributed by atoms with van der Waals surface area (Å²) in [5, 5.41) is 13.9. The molecule has 0 N–H and O–H groups in total. The summed E-state index contributed by atoms with van der Waals surface area (Å²) in [5.41, 5.74) is 8.37. The zero-order chi connectivity index (χ0) is 21.9. The highest BCUT2D eigenvalue weighted by molar-refractivity contribution is 6.12. The minimum atomic E-state index is 0.485. The van der Waals surface area contributed by atoms with Crippen molar-refractivity contribution >= 4 is 32.7 Å². The summed E-state index contributed by atoms with van der Waals surface area (Å²) in [6.07, 6.45) is 2.13. The molecular formula is C28H25N2O+. The van der Waals surface area contributed by atoms with Crippen molar-refractivity contribution in [3.8, 4) is 17.3 Å². The van der Waals surface area contributed by atoms with Gasteiger partial charge < -0.3 is 4.42 Å². The summed E-state index contributed by atoms with van der Waals surface area (Å²) in [6.45, 7) is 8.76. The molecule has 3 heteroatoms. The van der Waals surface area contributed by atoms with Gasteiger partial charge in [0, 0.05) is 16.8 Å². The average molecular weight is 406 g/mol. The number of aryl methyl sites for hydroxylation is 2. The van der Waals surface area contributed by atoms with Crippen LogP contribution >= 0.6 is 0 Å². The maximum atomic E-state index is 9.37. The third-order valence-electron chi connectivity index (χ3n) is 6.47. The number of fused-ring (bicyclic) bond motifs is 4. The van der Waals surface area contributed by atoms with Crippen molar-refractivity contribution in [2.24, 2.45) is 7.05 Å². The molecule has 5 rings (SSSR count). The van der Waals surface area contributed by atoms with Crippen LogP contribution in [0.4, 0.5) is 0 Å². The van der Waals surface area contributed by atoms with Crippen molar-refractivity contribution in [1.29, 1.82) is 5.26 Å². The van der Waals surface area contributed by atoms with Gasteiger partial charge in [-0.1, -0.05) is 26.0 Å². The van der Waals surface area contributed by atoms with Gasteiger partial charge >= 0.3 is 0 Å². The first kappa shape index (κ1) is 19.3. The zero-order valence-corrected chi connectivity index (χ0v) is 18.6. The number of furan rings is 1. The molecule has 0 radical (unpaired) electrons. The Hall–Kier alpha value is -3.64. The molecule has 31 heavy (non-hydrogen) atoms. The van der Waals surface area contributed by atoms with E-state index in [4.69, 9.17) is 4.42 Å². The monoisotopic (exact) mass is 405 g/mol. The molecule has 3 aromatic carbocycles. The topological polar surface area (TPSA) is 40.8 Å². The molecule has 152 valence electrons. The largest absolute Gasteiger partial charge is 0.455 e. The van der Waals surface area contributed by atoms with Crippen molar-refractivity contribution in [3.05, 3.63) is 77.0 Å². The van der Waals surface area contributed by atoms with Crippen LogP contribution in [0.5, 0.6) is 0 Å². The van der Waals surface area contributed by atoms with Crippen LogP contribution in [0.3, 0.4) is 0 Å². The number of nitrogens with zero attached hydrogens (tertiary/aromatic N) is 2. The van der Waals surface area contributed by atoms with E-state index in [1.807, 2.05) is 18.2 Å². The molecule has 2 heterocycles. The number of benzene rings is 3. The van der Waals surface area contributed by atoms with E-state index in [9.17, 15) is 5.26 Å². The second-order valence-corrected chi connectivity index (χ2v) is 8.77. The molecule has 0 amide bonds. The van der Waals surface area contributed by atoms with Gasteiger partial charge in [0.25, 0.3) is 0 Å². The van der Waals surface area contributed by atoms with E-state index in [1.54, 1.807) is 0 Å². The van der Waals surface area contributed by atoms with E-state index in [2.05, 4.69) is 81.9 Å². The van der Waals surface area contributed by atoms with Crippen LogP contribution in [0.1, 0.15) is 42.0 Å². The number of pyridine rings is 1. The highest BCUT2D eigenvalue weighted by Gasteiger charge is 2.25. The summed E-state index contributed by atoms with van der Waals surface area (Å²) in [4.78, 5) is 0. The van der Waals surface area contributed by atoms with Crippen molar-refractivity contribution in [3.63, 3.8) is 0 Å². The fourth-order valence-corrected chi connectivity index (χ4v) is 4.55. The normalized spacial score (nSPS) is 11.6. The fraction of sp³-hybridized carbons (Fsp3) is 0.214. The predicted octanol–water partition coefficient (Wildman–Crippen LogP) is 6.84. The van der Waals surface area contributed by atoms with Crippen LogP contribution in [-0.2, 0) is 7.05 Å². The highest BCUT2D eigenvalue weighted by atomic mass is 16.3. The number of rotatable bonds is 2. The van der Waals surface area contributed by atoms with E-state index >= 15 is 0 Å². The minimum Gasteiger partial charge on any atom is -0.455 e. The third kappa shape index (κ3) is 2.91. The number of hydrogen-bond donors (Lipinski definition) is 0. The lowest BCUT2D eigenvalue weighted by Gasteiger charge is -2.12. The quantitative estimate of drug-likeness (QED) is 0.302. The Balaban J connectivity index is 1.93. The molecule has 0 aliphatic heterocycles. The molecule has 0 aliphatic carbocycles. The van der Waals surface area contributed by atoms with Gasteiger partial charge in [0.15, 0.2) is 6.20 Å². The lowest BCUT2D eigenvalue weighted by atomic mass is 9.92. The molecule has 0 unspecified atom stereocenters. The first-order chi connectivity index (χ1) is 14.9. The molecule has 5 aromatic rings. The van der Waals surface area contributed by atoms with Gasteiger partial charge in [-0.15, -0.1) is 0 Å². The van der Waals surface area contributed by atoms with Gasteiger partial charge in [-0.2, -0.15) is 5.26 Å². The Labute approximate surface area is 182 Å². The van der Waals surface area contributed by atoms with Gasteiger partial charge in [-0.25, -0.2) is 4.57 Å². The van der Waals surface area contributed by atoms with E-state index in [1.165, 1.54) is 27.5 Å². The molecule has 0 aliphatic rings. The van der Waals surface area contributed by atoms with Crippen LogP contribution in [0.2, 0.25) is 0 Å². The summed E-state index contributed by atoms with van der Waals surface area (Å²) in [5.74, 6) is 0.485. The number of aromatic nitrogens is 1. The first-order valence-electron chi connectivity index (χ1n) is 10.7. The smallest absolute Gasteiger partial charge is 0.224 e. The van der Waals surface area contributed by atoms with E-state index < -0.39 is 0 Å². The van der Waals surface area contributed by atoms with E-state index in [0.29, 0.717) is 11.5 Å². The van der Waals surface area contributed by atoms with Crippen molar-refractivity contribution < 1.29 is 8.98 Å². The lowest BCUT2D eigenvalue weighted by molar-refractivity contribution is -0.659. The minimum absolute atomic E-state index is 0.485. The Kier molecular flexibility index (Phi) is 4.34. The second kappa shape index (κ2) is 6.96. The van der Waals surface area contributed by atoms with Crippen molar-refractivity contribution in [2.45, 2.75) is 33.6 Å². The molecule has 0 bridgehead atoms. The van der Waals surface area contributed by atoms with Crippen LogP contribution in [-0.4, -0.2) is 0 Å². The Bertz CT molecular complexity index is 1550. The van der Waals surface area contributed by atoms with Gasteiger partial charge in [0.05, 0.1) is 22.6 Å². The lowest BCUT2D eigenvalue weighted by Crippen LogP contribution is -2.31. The van der Waals surface area contributed by atoms with Crippen molar-refractivity contribution in [2.75, 3.05) is 0 Å². The predicted molar refractivity (Wildman–Crippen MR) is 126 cm³/mol. The van der Waals surface area contributed by atoms with E-state index in [-0.39, 0.29) is 0 Å². The number of hydrogen-bond acceptors (Lipinski definition) is 2. The van der Waals surface area contributed by atoms with Crippen molar-refractivity contribution in [1.82, 2.24) is 0 Å². The maximum absolute atomic E-state index is 9.37. The number of nitriles is 1. The fourth-order valence-electron chi connectivity index (χ4n) is 4.55. The molecule has 0 saturated carbocycles. The molecular weight excluding hydrogens is 380 g/mol. The summed E-state index contributed by atoms with van der Waals surface area (Å²) in [6, 6.07) is 19.0.